The van der Waals surface area contributed by atoms with Gasteiger partial charge < -0.3 is 0 Å². The predicted molar refractivity (Wildman–Crippen MR) is 42.1 cm³/mol. The summed E-state index contributed by atoms with van der Waals surface area (Å²) in [6.07, 6.45) is 1.38. The molecule has 0 aliphatic rings. The Hall–Kier alpha value is -1.85. The van der Waals surface area contributed by atoms with Crippen LogP contribution < -0.4 is 17.1 Å². The van der Waals surface area contributed by atoms with Crippen LogP contribution in [0.25, 0.3) is 0 Å². The largest absolute Gasteiger partial charge is 0.333 e. The van der Waals surface area contributed by atoms with E-state index in [9.17, 15) is 14.4 Å². The molecule has 0 atom stereocenters. The average molecular weight is 169 g/mol. The summed E-state index contributed by atoms with van der Waals surface area (Å²) >= 11 is 0. The summed E-state index contributed by atoms with van der Waals surface area (Å²) in [5.41, 5.74) is -2.27. The van der Waals surface area contributed by atoms with Crippen molar-refractivity contribution in [3.05, 3.63) is 44.1 Å². The molecule has 1 aromatic rings. The number of allylic oxidation sites excluding steroid dienone is 1. The zero-order valence-corrected chi connectivity index (χ0v) is 6.16. The number of nitrogens with one attached hydrogen (secondary N) is 2. The topological polar surface area (TPSA) is 87.7 Å². The molecule has 2 N–H and O–H groups in total. The van der Waals surface area contributed by atoms with Gasteiger partial charge in [-0.05, 0) is 0 Å². The molecule has 0 amide bonds. The van der Waals surface area contributed by atoms with Crippen LogP contribution in [0.15, 0.2) is 27.0 Å². The molecular weight excluding hydrogens is 162 g/mol. The monoisotopic (exact) mass is 169 g/mol. The Morgan fingerprint density at radius 2 is 1.75 bits per heavy atom. The van der Waals surface area contributed by atoms with Crippen LogP contribution in [0.5, 0.6) is 0 Å². The number of H-pyrrole nitrogens is 2. The van der Waals surface area contributed by atoms with Crippen molar-refractivity contribution >= 4 is 0 Å². The number of hydrogen-bond acceptors (Lipinski definition) is 3. The van der Waals surface area contributed by atoms with Gasteiger partial charge in [0.05, 0.1) is 6.54 Å². The first-order valence-corrected chi connectivity index (χ1v) is 3.19. The lowest BCUT2D eigenvalue weighted by molar-refractivity contribution is 0.664. The Labute approximate surface area is 66.2 Å². The molecule has 0 aromatic carbocycles. The highest BCUT2D eigenvalue weighted by atomic mass is 16.2. The van der Waals surface area contributed by atoms with E-state index in [1.54, 1.807) is 0 Å². The minimum absolute atomic E-state index is 0.0744. The highest BCUT2D eigenvalue weighted by Crippen LogP contribution is 1.66. The lowest BCUT2D eigenvalue weighted by atomic mass is 10.6. The Morgan fingerprint density at radius 1 is 1.25 bits per heavy atom. The molecule has 1 heterocycles. The maximum atomic E-state index is 10.9. The molecule has 0 unspecified atom stereocenters. The number of nitrogens with zero attached hydrogens (tertiary/aromatic N) is 1. The Kier molecular flexibility index (Phi) is 2.09. The zero-order chi connectivity index (χ0) is 9.14. The van der Waals surface area contributed by atoms with Gasteiger partial charge in [-0.2, -0.15) is 0 Å². The van der Waals surface area contributed by atoms with Crippen LogP contribution in [0.3, 0.4) is 0 Å². The highest BCUT2D eigenvalue weighted by molar-refractivity contribution is 4.75. The van der Waals surface area contributed by atoms with E-state index in [0.29, 0.717) is 0 Å². The van der Waals surface area contributed by atoms with Gasteiger partial charge in [0.2, 0.25) is 0 Å². The molecule has 64 valence electrons. The third kappa shape index (κ3) is 1.42. The van der Waals surface area contributed by atoms with Gasteiger partial charge >= 0.3 is 17.1 Å². The van der Waals surface area contributed by atoms with E-state index in [4.69, 9.17) is 0 Å². The Bertz CT molecular complexity index is 416. The number of hydrogen-bond donors (Lipinski definition) is 2. The summed E-state index contributed by atoms with van der Waals surface area (Å²) < 4.78 is 0.828. The van der Waals surface area contributed by atoms with Crippen LogP contribution in [-0.4, -0.2) is 14.5 Å². The van der Waals surface area contributed by atoms with E-state index in [1.165, 1.54) is 6.08 Å². The number of rotatable bonds is 2. The lowest BCUT2D eigenvalue weighted by Crippen LogP contribution is -2.42. The van der Waals surface area contributed by atoms with Crippen LogP contribution in [0.4, 0.5) is 0 Å². The molecule has 1 rings (SSSR count). The minimum atomic E-state index is -0.801. The summed E-state index contributed by atoms with van der Waals surface area (Å²) in [5, 5.41) is 0. The van der Waals surface area contributed by atoms with Crippen molar-refractivity contribution in [1.29, 1.82) is 0 Å². The molecule has 0 bridgehead atoms. The molecule has 0 fully saturated rings. The SMILES string of the molecule is C=CCn1c(=O)[nH]c(=O)[nH]c1=O. The van der Waals surface area contributed by atoms with Crippen LogP contribution in [-0.2, 0) is 6.54 Å². The van der Waals surface area contributed by atoms with Crippen molar-refractivity contribution in [2.75, 3.05) is 0 Å². The van der Waals surface area contributed by atoms with Gasteiger partial charge in [0.1, 0.15) is 0 Å². The Morgan fingerprint density at radius 3 is 2.17 bits per heavy atom. The van der Waals surface area contributed by atoms with Gasteiger partial charge in [0.25, 0.3) is 0 Å². The first kappa shape index (κ1) is 8.25. The first-order chi connectivity index (χ1) is 5.65. The molecule has 0 saturated heterocycles. The van der Waals surface area contributed by atoms with Gasteiger partial charge in [-0.3, -0.25) is 9.97 Å². The van der Waals surface area contributed by atoms with Gasteiger partial charge in [0, 0.05) is 0 Å². The third-order valence-corrected chi connectivity index (χ3v) is 1.24. The van der Waals surface area contributed by atoms with E-state index in [2.05, 4.69) is 6.58 Å². The molecule has 6 nitrogen and oxygen atoms in total. The van der Waals surface area contributed by atoms with Gasteiger partial charge in [-0.1, -0.05) is 6.08 Å². The second-order valence-corrected chi connectivity index (χ2v) is 2.09. The quantitative estimate of drug-likeness (QED) is 0.523. The fraction of sp³-hybridized carbons (Fsp3) is 0.167. The fourth-order valence-electron chi connectivity index (χ4n) is 0.748. The summed E-state index contributed by atoms with van der Waals surface area (Å²) in [7, 11) is 0. The molecule has 1 aromatic heterocycles. The molecule has 0 aliphatic heterocycles. The van der Waals surface area contributed by atoms with Gasteiger partial charge in [0.15, 0.2) is 0 Å². The first-order valence-electron chi connectivity index (χ1n) is 3.19. The summed E-state index contributed by atoms with van der Waals surface area (Å²) in [4.78, 5) is 36.1. The zero-order valence-electron chi connectivity index (χ0n) is 6.16. The van der Waals surface area contributed by atoms with Crippen molar-refractivity contribution in [3.63, 3.8) is 0 Å². The normalized spacial score (nSPS) is 9.67. The molecular formula is C6H7N3O3. The molecule has 0 radical (unpaired) electrons. The molecule has 0 saturated carbocycles. The van der Waals surface area contributed by atoms with Crippen molar-refractivity contribution in [1.82, 2.24) is 14.5 Å². The van der Waals surface area contributed by atoms with Crippen molar-refractivity contribution < 1.29 is 0 Å². The second kappa shape index (κ2) is 3.04. The van der Waals surface area contributed by atoms with E-state index in [-0.39, 0.29) is 6.54 Å². The van der Waals surface area contributed by atoms with Gasteiger partial charge in [-0.15, -0.1) is 6.58 Å². The van der Waals surface area contributed by atoms with Crippen molar-refractivity contribution in [3.8, 4) is 0 Å². The van der Waals surface area contributed by atoms with Crippen LogP contribution in [0.1, 0.15) is 0 Å². The predicted octanol–water partition coefficient (Wildman–Crippen LogP) is -1.59. The fourth-order valence-corrected chi connectivity index (χ4v) is 0.748. The molecule has 0 aliphatic carbocycles. The molecule has 12 heavy (non-hydrogen) atoms. The molecule has 6 heteroatoms. The van der Waals surface area contributed by atoms with E-state index in [1.807, 2.05) is 9.97 Å². The highest BCUT2D eigenvalue weighted by Gasteiger charge is 1.98. The van der Waals surface area contributed by atoms with E-state index >= 15 is 0 Å². The standard InChI is InChI=1S/C6H7N3O3/c1-2-3-9-5(11)7-4(10)8-6(9)12/h2H,1,3H2,(H2,7,8,10,11,12). The smallest absolute Gasteiger partial charge is 0.259 e. The lowest BCUT2D eigenvalue weighted by Gasteiger charge is -1.95. The maximum Gasteiger partial charge on any atom is 0.333 e. The van der Waals surface area contributed by atoms with Crippen molar-refractivity contribution in [2.45, 2.75) is 6.54 Å². The summed E-state index contributed by atoms with van der Waals surface area (Å²) in [6, 6.07) is 0. The van der Waals surface area contributed by atoms with Crippen molar-refractivity contribution in [2.24, 2.45) is 0 Å². The Balaban J connectivity index is 3.49. The molecule has 0 spiro atoms. The maximum absolute atomic E-state index is 10.9. The van der Waals surface area contributed by atoms with E-state index < -0.39 is 17.1 Å². The minimum Gasteiger partial charge on any atom is -0.259 e. The summed E-state index contributed by atoms with van der Waals surface area (Å²) in [5.74, 6) is 0. The van der Waals surface area contributed by atoms with E-state index in [0.717, 1.165) is 4.57 Å². The number of aromatic nitrogens is 3. The second-order valence-electron chi connectivity index (χ2n) is 2.09. The van der Waals surface area contributed by atoms with Crippen LogP contribution >= 0.6 is 0 Å². The number of aromatic amines is 2. The summed E-state index contributed by atoms with van der Waals surface area (Å²) in [6.45, 7) is 3.43. The third-order valence-electron chi connectivity index (χ3n) is 1.24. The van der Waals surface area contributed by atoms with Crippen LogP contribution in [0, 0.1) is 0 Å². The van der Waals surface area contributed by atoms with Crippen LogP contribution in [0.2, 0.25) is 0 Å². The average Bonchev–Trinajstić information content (AvgIpc) is 1.96. The van der Waals surface area contributed by atoms with Gasteiger partial charge in [-0.25, -0.2) is 19.0 Å².